The summed E-state index contributed by atoms with van der Waals surface area (Å²) in [7, 11) is 1.76. The Balaban J connectivity index is 1.62. The number of hydrogen-bond donors (Lipinski definition) is 1. The van der Waals surface area contributed by atoms with Crippen LogP contribution in [0.1, 0.15) is 24.0 Å². The van der Waals surface area contributed by atoms with Gasteiger partial charge in [0.1, 0.15) is 5.82 Å². The molecule has 0 unspecified atom stereocenters. The van der Waals surface area contributed by atoms with Crippen LogP contribution < -0.4 is 0 Å². The van der Waals surface area contributed by atoms with Gasteiger partial charge in [-0.25, -0.2) is 4.39 Å². The molecule has 1 aromatic rings. The molecule has 0 radical (unpaired) electrons. The van der Waals surface area contributed by atoms with E-state index in [1.807, 2.05) is 6.92 Å². The zero-order valence-corrected chi connectivity index (χ0v) is 14.9. The number of aliphatic hydroxyl groups excluding tert-OH is 1. The molecule has 0 bridgehead atoms. The SMILES string of the molecule is Cc1cc(F)ccc1CC(=O)N(C)[C@@H]1CC[C@@H](N2CCOCC2)[C@@H]1O. The Morgan fingerprint density at radius 3 is 2.76 bits per heavy atom. The molecule has 1 saturated carbocycles. The van der Waals surface area contributed by atoms with Crippen LogP contribution in [0.3, 0.4) is 0 Å². The van der Waals surface area contributed by atoms with E-state index < -0.39 is 6.10 Å². The van der Waals surface area contributed by atoms with Gasteiger partial charge in [0.25, 0.3) is 0 Å². The summed E-state index contributed by atoms with van der Waals surface area (Å²) in [6.07, 6.45) is 1.38. The van der Waals surface area contributed by atoms with Crippen LogP contribution in [0.2, 0.25) is 0 Å². The lowest BCUT2D eigenvalue weighted by Crippen LogP contribution is -2.52. The maximum atomic E-state index is 13.2. The van der Waals surface area contributed by atoms with E-state index in [9.17, 15) is 14.3 Å². The lowest BCUT2D eigenvalue weighted by molar-refractivity contribution is -0.133. The number of likely N-dealkylation sites (N-methyl/N-ethyl adjacent to an activating group) is 1. The van der Waals surface area contributed by atoms with Crippen molar-refractivity contribution in [3.63, 3.8) is 0 Å². The smallest absolute Gasteiger partial charge is 0.227 e. The van der Waals surface area contributed by atoms with E-state index in [4.69, 9.17) is 4.74 Å². The van der Waals surface area contributed by atoms with Crippen LogP contribution in [0.25, 0.3) is 0 Å². The van der Waals surface area contributed by atoms with Crippen LogP contribution in [-0.2, 0) is 16.0 Å². The summed E-state index contributed by atoms with van der Waals surface area (Å²) >= 11 is 0. The highest BCUT2D eigenvalue weighted by Crippen LogP contribution is 2.29. The first-order chi connectivity index (χ1) is 12.0. The molecule has 5 nitrogen and oxygen atoms in total. The number of carbonyl (C=O) groups excluding carboxylic acids is 1. The third-order valence-corrected chi connectivity index (χ3v) is 5.60. The highest BCUT2D eigenvalue weighted by Gasteiger charge is 2.41. The molecule has 1 aliphatic heterocycles. The lowest BCUT2D eigenvalue weighted by Gasteiger charge is -2.36. The van der Waals surface area contributed by atoms with Crippen molar-refractivity contribution in [3.8, 4) is 0 Å². The van der Waals surface area contributed by atoms with E-state index in [0.29, 0.717) is 13.2 Å². The van der Waals surface area contributed by atoms with E-state index in [1.165, 1.54) is 12.1 Å². The molecule has 25 heavy (non-hydrogen) atoms. The Hall–Kier alpha value is -1.50. The molecule has 3 atom stereocenters. The van der Waals surface area contributed by atoms with Crippen LogP contribution in [-0.4, -0.2) is 72.4 Å². The molecule has 1 N–H and O–H groups in total. The second-order valence-electron chi connectivity index (χ2n) is 7.10. The van der Waals surface area contributed by atoms with Gasteiger partial charge in [-0.05, 0) is 43.0 Å². The van der Waals surface area contributed by atoms with Crippen LogP contribution in [0.5, 0.6) is 0 Å². The highest BCUT2D eigenvalue weighted by molar-refractivity contribution is 5.79. The van der Waals surface area contributed by atoms with Gasteiger partial charge in [-0.3, -0.25) is 9.69 Å². The monoisotopic (exact) mass is 350 g/mol. The minimum Gasteiger partial charge on any atom is -0.389 e. The molecular formula is C19H27FN2O3. The first kappa shape index (κ1) is 18.3. The van der Waals surface area contributed by atoms with Crippen LogP contribution in [0.15, 0.2) is 18.2 Å². The zero-order chi connectivity index (χ0) is 18.0. The fourth-order valence-corrected chi connectivity index (χ4v) is 4.00. The van der Waals surface area contributed by atoms with Gasteiger partial charge >= 0.3 is 0 Å². The van der Waals surface area contributed by atoms with E-state index >= 15 is 0 Å². The molecular weight excluding hydrogens is 323 g/mol. The highest BCUT2D eigenvalue weighted by atomic mass is 19.1. The van der Waals surface area contributed by atoms with Gasteiger partial charge in [0.2, 0.25) is 5.91 Å². The van der Waals surface area contributed by atoms with Gasteiger partial charge in [0, 0.05) is 26.2 Å². The number of halogens is 1. The summed E-state index contributed by atoms with van der Waals surface area (Å²) < 4.78 is 18.6. The first-order valence-electron chi connectivity index (χ1n) is 8.98. The first-order valence-corrected chi connectivity index (χ1v) is 8.98. The maximum Gasteiger partial charge on any atom is 0.227 e. The minimum absolute atomic E-state index is 0.0404. The molecule has 1 aromatic carbocycles. The number of morpholine rings is 1. The second-order valence-corrected chi connectivity index (χ2v) is 7.10. The predicted molar refractivity (Wildman–Crippen MR) is 92.8 cm³/mol. The number of aliphatic hydroxyl groups is 1. The van der Waals surface area contributed by atoms with Gasteiger partial charge in [0.05, 0.1) is 31.8 Å². The van der Waals surface area contributed by atoms with Crippen molar-refractivity contribution < 1.29 is 19.0 Å². The predicted octanol–water partition coefficient (Wildman–Crippen LogP) is 1.36. The molecule has 0 aromatic heterocycles. The van der Waals surface area contributed by atoms with Crippen molar-refractivity contribution in [2.24, 2.45) is 0 Å². The molecule has 138 valence electrons. The quantitative estimate of drug-likeness (QED) is 0.891. The van der Waals surface area contributed by atoms with Crippen molar-refractivity contribution in [1.29, 1.82) is 0 Å². The number of nitrogens with zero attached hydrogens (tertiary/aromatic N) is 2. The zero-order valence-electron chi connectivity index (χ0n) is 14.9. The van der Waals surface area contributed by atoms with Gasteiger partial charge in [-0.2, -0.15) is 0 Å². The van der Waals surface area contributed by atoms with Gasteiger partial charge in [-0.15, -0.1) is 0 Å². The number of amides is 1. The number of benzene rings is 1. The van der Waals surface area contributed by atoms with E-state index in [-0.39, 0.29) is 30.2 Å². The van der Waals surface area contributed by atoms with Gasteiger partial charge in [0.15, 0.2) is 0 Å². The fraction of sp³-hybridized carbons (Fsp3) is 0.632. The van der Waals surface area contributed by atoms with Crippen LogP contribution in [0.4, 0.5) is 4.39 Å². The Kier molecular flexibility index (Phi) is 5.71. The number of hydrogen-bond acceptors (Lipinski definition) is 4. The summed E-state index contributed by atoms with van der Waals surface area (Å²) in [6.45, 7) is 4.88. The topological polar surface area (TPSA) is 53.0 Å². The molecule has 2 fully saturated rings. The Labute approximate surface area is 148 Å². The largest absolute Gasteiger partial charge is 0.389 e. The van der Waals surface area contributed by atoms with Gasteiger partial charge < -0.3 is 14.7 Å². The summed E-state index contributed by atoms with van der Waals surface area (Å²) in [6, 6.07) is 4.42. The Morgan fingerprint density at radius 2 is 2.08 bits per heavy atom. The maximum absolute atomic E-state index is 13.2. The number of rotatable bonds is 4. The minimum atomic E-state index is -0.540. The molecule has 1 aliphatic carbocycles. The van der Waals surface area contributed by atoms with E-state index in [0.717, 1.165) is 37.1 Å². The number of aryl methyl sites for hydroxylation is 1. The molecule has 1 saturated heterocycles. The molecule has 6 heteroatoms. The third-order valence-electron chi connectivity index (χ3n) is 5.60. The lowest BCUT2D eigenvalue weighted by atomic mass is 10.0. The van der Waals surface area contributed by atoms with Crippen LogP contribution >= 0.6 is 0 Å². The summed E-state index contributed by atoms with van der Waals surface area (Å²) in [5.74, 6) is -0.331. The van der Waals surface area contributed by atoms with Gasteiger partial charge in [-0.1, -0.05) is 6.07 Å². The second kappa shape index (κ2) is 7.81. The Bertz CT molecular complexity index is 619. The van der Waals surface area contributed by atoms with Crippen molar-refractivity contribution in [2.45, 2.75) is 44.4 Å². The van der Waals surface area contributed by atoms with E-state index in [2.05, 4.69) is 4.90 Å². The van der Waals surface area contributed by atoms with Crippen LogP contribution in [0, 0.1) is 12.7 Å². The number of carbonyl (C=O) groups is 1. The van der Waals surface area contributed by atoms with Crippen molar-refractivity contribution in [3.05, 3.63) is 35.1 Å². The molecule has 2 aliphatic rings. The molecule has 1 amide bonds. The average Bonchev–Trinajstić information content (AvgIpc) is 2.99. The van der Waals surface area contributed by atoms with Crippen molar-refractivity contribution >= 4 is 5.91 Å². The summed E-state index contributed by atoms with van der Waals surface area (Å²) in [4.78, 5) is 16.6. The standard InChI is InChI=1S/C19H27FN2O3/c1-13-11-15(20)4-3-14(13)12-18(23)21(2)16-5-6-17(19(16)24)22-7-9-25-10-8-22/h3-4,11,16-17,19,24H,5-10,12H2,1-2H3/t16-,17-,19-/m1/s1. The van der Waals surface area contributed by atoms with Crippen molar-refractivity contribution in [1.82, 2.24) is 9.80 Å². The van der Waals surface area contributed by atoms with E-state index in [1.54, 1.807) is 18.0 Å². The van der Waals surface area contributed by atoms with Crippen molar-refractivity contribution in [2.75, 3.05) is 33.4 Å². The normalized spacial score (nSPS) is 27.4. The molecule has 3 rings (SSSR count). The average molecular weight is 350 g/mol. The third kappa shape index (κ3) is 4.02. The fourth-order valence-electron chi connectivity index (χ4n) is 4.00. The number of ether oxygens (including phenoxy) is 1. The summed E-state index contributed by atoms with van der Waals surface area (Å²) in [5.41, 5.74) is 1.61. The Morgan fingerprint density at radius 1 is 1.36 bits per heavy atom. The molecule has 0 spiro atoms. The molecule has 1 heterocycles. The summed E-state index contributed by atoms with van der Waals surface area (Å²) in [5, 5.41) is 10.8.